The van der Waals surface area contributed by atoms with Gasteiger partial charge in [0.1, 0.15) is 0 Å². The SMILES string of the molecule is NCC1(Cc2ccc3c(c2)CCCS3(=O)=O)CC1. The molecule has 18 heavy (non-hydrogen) atoms. The summed E-state index contributed by atoms with van der Waals surface area (Å²) in [7, 11) is -3.02. The molecule has 2 N–H and O–H groups in total. The predicted molar refractivity (Wildman–Crippen MR) is 71.2 cm³/mol. The number of sulfone groups is 1. The average molecular weight is 265 g/mol. The molecule has 2 aliphatic rings. The highest BCUT2D eigenvalue weighted by Crippen LogP contribution is 2.47. The van der Waals surface area contributed by atoms with Crippen molar-refractivity contribution < 1.29 is 8.42 Å². The Morgan fingerprint density at radius 3 is 2.72 bits per heavy atom. The Bertz CT molecular complexity index is 573. The van der Waals surface area contributed by atoms with E-state index < -0.39 is 9.84 Å². The van der Waals surface area contributed by atoms with E-state index in [0.717, 1.165) is 31.4 Å². The molecular weight excluding hydrogens is 246 g/mol. The van der Waals surface area contributed by atoms with E-state index >= 15 is 0 Å². The van der Waals surface area contributed by atoms with Gasteiger partial charge in [-0.15, -0.1) is 0 Å². The molecular formula is C14H19NO2S. The summed E-state index contributed by atoms with van der Waals surface area (Å²) in [6.45, 7) is 0.738. The van der Waals surface area contributed by atoms with Crippen molar-refractivity contribution in [2.45, 2.75) is 37.0 Å². The van der Waals surface area contributed by atoms with Gasteiger partial charge in [-0.25, -0.2) is 8.42 Å². The van der Waals surface area contributed by atoms with Crippen LogP contribution in [0.2, 0.25) is 0 Å². The molecule has 1 aliphatic carbocycles. The van der Waals surface area contributed by atoms with E-state index in [0.29, 0.717) is 16.1 Å². The zero-order valence-electron chi connectivity index (χ0n) is 10.5. The highest BCUT2D eigenvalue weighted by Gasteiger charge is 2.41. The van der Waals surface area contributed by atoms with E-state index in [1.807, 2.05) is 6.07 Å². The van der Waals surface area contributed by atoms with Crippen LogP contribution in [0.5, 0.6) is 0 Å². The Morgan fingerprint density at radius 2 is 2.06 bits per heavy atom. The largest absolute Gasteiger partial charge is 0.330 e. The maximum absolute atomic E-state index is 11.9. The fourth-order valence-electron chi connectivity index (χ4n) is 2.87. The van der Waals surface area contributed by atoms with E-state index in [9.17, 15) is 8.42 Å². The van der Waals surface area contributed by atoms with E-state index in [1.165, 1.54) is 18.4 Å². The summed E-state index contributed by atoms with van der Waals surface area (Å²) in [5.74, 6) is 0.298. The van der Waals surface area contributed by atoms with E-state index in [2.05, 4.69) is 6.07 Å². The minimum atomic E-state index is -3.02. The fourth-order valence-corrected chi connectivity index (χ4v) is 4.45. The van der Waals surface area contributed by atoms with Gasteiger partial charge in [-0.3, -0.25) is 0 Å². The van der Waals surface area contributed by atoms with Crippen LogP contribution in [-0.4, -0.2) is 20.7 Å². The lowest BCUT2D eigenvalue weighted by molar-refractivity contribution is 0.520. The molecule has 1 aromatic carbocycles. The molecule has 1 aromatic rings. The van der Waals surface area contributed by atoms with Gasteiger partial charge in [0.25, 0.3) is 0 Å². The van der Waals surface area contributed by atoms with Crippen LogP contribution in [0.1, 0.15) is 30.4 Å². The first-order valence-electron chi connectivity index (χ1n) is 6.59. The van der Waals surface area contributed by atoms with Crippen molar-refractivity contribution in [3.8, 4) is 0 Å². The van der Waals surface area contributed by atoms with Crippen molar-refractivity contribution >= 4 is 9.84 Å². The van der Waals surface area contributed by atoms with Gasteiger partial charge in [0.15, 0.2) is 9.84 Å². The summed E-state index contributed by atoms with van der Waals surface area (Å²) in [6, 6.07) is 5.85. The van der Waals surface area contributed by atoms with Crippen LogP contribution < -0.4 is 5.73 Å². The van der Waals surface area contributed by atoms with Crippen LogP contribution in [0, 0.1) is 5.41 Å². The number of aryl methyl sites for hydroxylation is 1. The first-order chi connectivity index (χ1) is 8.55. The molecule has 0 spiro atoms. The molecule has 0 radical (unpaired) electrons. The van der Waals surface area contributed by atoms with Gasteiger partial charge in [0, 0.05) is 0 Å². The zero-order chi connectivity index (χ0) is 12.8. The maximum atomic E-state index is 11.9. The lowest BCUT2D eigenvalue weighted by Crippen LogP contribution is -2.19. The molecule has 1 aliphatic heterocycles. The van der Waals surface area contributed by atoms with Crippen LogP contribution in [0.3, 0.4) is 0 Å². The Labute approximate surface area is 108 Å². The topological polar surface area (TPSA) is 60.2 Å². The Morgan fingerprint density at radius 1 is 1.28 bits per heavy atom. The predicted octanol–water partition coefficient (Wildman–Crippen LogP) is 1.69. The third kappa shape index (κ3) is 2.08. The molecule has 4 heteroatoms. The van der Waals surface area contributed by atoms with Crippen molar-refractivity contribution in [1.82, 2.24) is 0 Å². The molecule has 1 saturated carbocycles. The highest BCUT2D eigenvalue weighted by atomic mass is 32.2. The first-order valence-corrected chi connectivity index (χ1v) is 8.25. The molecule has 0 saturated heterocycles. The van der Waals surface area contributed by atoms with Gasteiger partial charge in [-0.05, 0) is 61.3 Å². The molecule has 98 valence electrons. The van der Waals surface area contributed by atoms with Crippen LogP contribution in [0.25, 0.3) is 0 Å². The summed E-state index contributed by atoms with van der Waals surface area (Å²) >= 11 is 0. The van der Waals surface area contributed by atoms with Crippen molar-refractivity contribution in [1.29, 1.82) is 0 Å². The Hall–Kier alpha value is -0.870. The minimum Gasteiger partial charge on any atom is -0.330 e. The van der Waals surface area contributed by atoms with E-state index in [-0.39, 0.29) is 0 Å². The third-order valence-electron chi connectivity index (χ3n) is 4.29. The summed E-state index contributed by atoms with van der Waals surface area (Å²) < 4.78 is 23.8. The molecule has 0 unspecified atom stereocenters. The smallest absolute Gasteiger partial charge is 0.178 e. The third-order valence-corrected chi connectivity index (χ3v) is 6.18. The van der Waals surface area contributed by atoms with Gasteiger partial charge in [-0.2, -0.15) is 0 Å². The number of hydrogen-bond acceptors (Lipinski definition) is 3. The molecule has 0 amide bonds. The standard InChI is InChI=1S/C14H19NO2S/c15-10-14(5-6-14)9-11-3-4-13-12(8-11)2-1-7-18(13,16)17/h3-4,8H,1-2,5-7,9-10,15H2. The van der Waals surface area contributed by atoms with E-state index in [1.54, 1.807) is 6.07 Å². The molecule has 0 bridgehead atoms. The summed E-state index contributed by atoms with van der Waals surface area (Å²) in [5, 5.41) is 0. The second-order valence-corrected chi connectivity index (χ2v) is 7.82. The second-order valence-electron chi connectivity index (χ2n) is 5.75. The fraction of sp³-hybridized carbons (Fsp3) is 0.571. The van der Waals surface area contributed by atoms with Crippen molar-refractivity contribution in [3.63, 3.8) is 0 Å². The summed E-state index contributed by atoms with van der Waals surface area (Å²) in [5.41, 5.74) is 8.36. The number of benzene rings is 1. The number of hydrogen-bond donors (Lipinski definition) is 1. The zero-order valence-corrected chi connectivity index (χ0v) is 11.3. The first kappa shape index (κ1) is 12.2. The molecule has 3 rings (SSSR count). The molecule has 0 aromatic heterocycles. The van der Waals surface area contributed by atoms with Crippen molar-refractivity contribution in [3.05, 3.63) is 29.3 Å². The molecule has 1 heterocycles. The minimum absolute atomic E-state index is 0.298. The van der Waals surface area contributed by atoms with Crippen molar-refractivity contribution in [2.24, 2.45) is 11.1 Å². The van der Waals surface area contributed by atoms with Gasteiger partial charge >= 0.3 is 0 Å². The molecule has 0 atom stereocenters. The monoisotopic (exact) mass is 265 g/mol. The summed E-state index contributed by atoms with van der Waals surface area (Å²) in [6.07, 6.45) is 5.05. The van der Waals surface area contributed by atoms with Gasteiger partial charge in [0.05, 0.1) is 10.6 Å². The average Bonchev–Trinajstić information content (AvgIpc) is 3.09. The highest BCUT2D eigenvalue weighted by molar-refractivity contribution is 7.91. The normalized spacial score (nSPS) is 23.4. The van der Waals surface area contributed by atoms with Gasteiger partial charge < -0.3 is 5.73 Å². The van der Waals surface area contributed by atoms with Crippen LogP contribution in [0.15, 0.2) is 23.1 Å². The van der Waals surface area contributed by atoms with Gasteiger partial charge in [-0.1, -0.05) is 12.1 Å². The number of nitrogens with two attached hydrogens (primary N) is 1. The lowest BCUT2D eigenvalue weighted by Gasteiger charge is -2.18. The number of fused-ring (bicyclic) bond motifs is 1. The molecule has 1 fully saturated rings. The van der Waals surface area contributed by atoms with E-state index in [4.69, 9.17) is 5.73 Å². The summed E-state index contributed by atoms with van der Waals surface area (Å²) in [4.78, 5) is 0.551. The maximum Gasteiger partial charge on any atom is 0.178 e. The quantitative estimate of drug-likeness (QED) is 0.904. The Balaban J connectivity index is 1.92. The Kier molecular flexibility index (Phi) is 2.75. The second kappa shape index (κ2) is 4.07. The van der Waals surface area contributed by atoms with Crippen LogP contribution in [0.4, 0.5) is 0 Å². The van der Waals surface area contributed by atoms with Gasteiger partial charge in [0.2, 0.25) is 0 Å². The molecule has 3 nitrogen and oxygen atoms in total. The number of rotatable bonds is 3. The van der Waals surface area contributed by atoms with Crippen LogP contribution >= 0.6 is 0 Å². The van der Waals surface area contributed by atoms with Crippen LogP contribution in [-0.2, 0) is 22.7 Å². The van der Waals surface area contributed by atoms with Crippen molar-refractivity contribution in [2.75, 3.05) is 12.3 Å². The lowest BCUT2D eigenvalue weighted by atomic mass is 9.95.